The summed E-state index contributed by atoms with van der Waals surface area (Å²) in [6.07, 6.45) is -5.86. The van der Waals surface area contributed by atoms with Gasteiger partial charge >= 0.3 is 12.4 Å². The quantitative estimate of drug-likeness (QED) is 0.372. The highest BCUT2D eigenvalue weighted by atomic mass is 19.4. The number of rotatable bonds is 2. The molecule has 1 aliphatic carbocycles. The molecule has 2 fully saturated rings. The van der Waals surface area contributed by atoms with Gasteiger partial charge in [-0.25, -0.2) is 0 Å². The molecule has 0 aromatic heterocycles. The fourth-order valence-corrected chi connectivity index (χ4v) is 5.61. The van der Waals surface area contributed by atoms with E-state index in [9.17, 15) is 31.1 Å². The Labute approximate surface area is 232 Å². The molecule has 2 aliphatic rings. The maximum Gasteiger partial charge on any atom is 0.416 e. The molecule has 2 unspecified atom stereocenters. The molecule has 2 N–H and O–H groups in total. The highest BCUT2D eigenvalue weighted by Crippen LogP contribution is 2.46. The first-order chi connectivity index (χ1) is 18.5. The molecule has 2 aromatic rings. The molecule has 4 rings (SSSR count). The van der Waals surface area contributed by atoms with E-state index in [1.54, 1.807) is 0 Å². The Hall–Kier alpha value is -2.59. The van der Waals surface area contributed by atoms with Crippen LogP contribution >= 0.6 is 0 Å². The zero-order valence-electron chi connectivity index (χ0n) is 23.5. The molecule has 1 heterocycles. The Bertz CT molecular complexity index is 1090. The molecule has 0 bridgehead atoms. The molecule has 224 valence electrons. The Balaban J connectivity index is 0.000000277. The summed E-state index contributed by atoms with van der Waals surface area (Å²) in [6, 6.07) is 9.80. The third-order valence-corrected chi connectivity index (χ3v) is 7.45. The van der Waals surface area contributed by atoms with Gasteiger partial charge in [-0.05, 0) is 72.4 Å². The van der Waals surface area contributed by atoms with E-state index in [0.29, 0.717) is 35.8 Å². The lowest BCUT2D eigenvalue weighted by Crippen LogP contribution is -2.38. The Morgan fingerprint density at radius 2 is 1.45 bits per heavy atom. The van der Waals surface area contributed by atoms with Crippen molar-refractivity contribution >= 4 is 5.91 Å². The molecule has 1 aliphatic heterocycles. The number of hydrogen-bond acceptors (Lipinski definition) is 3. The average molecular weight is 576 g/mol. The van der Waals surface area contributed by atoms with E-state index >= 15 is 0 Å². The molecule has 1 amide bonds. The number of carbonyl (C=O) groups excluding carboxylic acids is 1. The van der Waals surface area contributed by atoms with Gasteiger partial charge in [-0.15, -0.1) is 0 Å². The first kappa shape index (κ1) is 33.6. The van der Waals surface area contributed by atoms with E-state index in [1.165, 1.54) is 30.4 Å². The molecule has 4 nitrogen and oxygen atoms in total. The van der Waals surface area contributed by atoms with Gasteiger partial charge < -0.3 is 15.1 Å². The fourth-order valence-electron chi connectivity index (χ4n) is 5.61. The number of nitrogens with zero attached hydrogens (tertiary/aromatic N) is 1. The summed E-state index contributed by atoms with van der Waals surface area (Å²) in [5.74, 6) is 2.31. The van der Waals surface area contributed by atoms with Gasteiger partial charge in [0.25, 0.3) is 0 Å². The van der Waals surface area contributed by atoms with Crippen LogP contribution in [0.25, 0.3) is 0 Å². The molecular formula is C30H39F6NO3. The van der Waals surface area contributed by atoms with Crippen LogP contribution in [0.1, 0.15) is 73.8 Å². The monoisotopic (exact) mass is 575 g/mol. The lowest BCUT2D eigenvalue weighted by atomic mass is 9.70. The molecular weight excluding hydrogens is 536 g/mol. The largest absolute Gasteiger partial charge is 0.416 e. The number of aliphatic hydroxyl groups is 2. The lowest BCUT2D eigenvalue weighted by molar-refractivity contribution is -0.143. The number of benzene rings is 2. The van der Waals surface area contributed by atoms with Crippen molar-refractivity contribution in [2.24, 2.45) is 17.3 Å². The molecule has 10 heteroatoms. The summed E-state index contributed by atoms with van der Waals surface area (Å²) in [7, 11) is 1.00. The standard InChI is InChI=1S/C20H29NO.C9H6F6O.CH4O/c1-14-8-5-6-10-16(14)17-11-7-9-15-12-21(13-18(15)17)19(22)20(2,3)4;10-8(11,12)6-1-5(4-16)2-7(3-6)9(13,14)15;1-2/h5-6,8,10,15,17-18H,7,9,11-13H2,1-4H3;1-3,16H,4H2;2H,1H3/t15?,17?,18-;;/m1../s1. The van der Waals surface area contributed by atoms with E-state index in [4.69, 9.17) is 10.2 Å². The van der Waals surface area contributed by atoms with Crippen LogP contribution in [-0.2, 0) is 23.8 Å². The minimum Gasteiger partial charge on any atom is -0.400 e. The van der Waals surface area contributed by atoms with Crippen molar-refractivity contribution < 1.29 is 41.4 Å². The number of halogens is 6. The number of aryl methyl sites for hydroxylation is 1. The minimum absolute atomic E-state index is 0.0131. The van der Waals surface area contributed by atoms with Crippen LogP contribution in [0.4, 0.5) is 26.3 Å². The Morgan fingerprint density at radius 3 is 1.93 bits per heavy atom. The number of fused-ring (bicyclic) bond motifs is 1. The summed E-state index contributed by atoms with van der Waals surface area (Å²) in [6.45, 7) is 9.39. The SMILES string of the molecule is CO.Cc1ccccc1C1CCCC2CN(C(=O)C(C)(C)C)C[C@H]21.OCc1cc(C(F)(F)F)cc(C(F)(F)F)c1. The van der Waals surface area contributed by atoms with Crippen LogP contribution in [-0.4, -0.2) is 41.2 Å². The summed E-state index contributed by atoms with van der Waals surface area (Å²) in [5.41, 5.74) is -0.609. The summed E-state index contributed by atoms with van der Waals surface area (Å²) >= 11 is 0. The van der Waals surface area contributed by atoms with Crippen molar-refractivity contribution in [3.05, 3.63) is 70.3 Å². The van der Waals surface area contributed by atoms with Crippen LogP contribution in [0.15, 0.2) is 42.5 Å². The number of aliphatic hydroxyl groups excluding tert-OH is 2. The second kappa shape index (κ2) is 13.4. The third-order valence-electron chi connectivity index (χ3n) is 7.45. The smallest absolute Gasteiger partial charge is 0.400 e. The molecule has 40 heavy (non-hydrogen) atoms. The average Bonchev–Trinajstić information content (AvgIpc) is 3.33. The van der Waals surface area contributed by atoms with Crippen LogP contribution in [0.3, 0.4) is 0 Å². The highest BCUT2D eigenvalue weighted by Gasteiger charge is 2.44. The minimum atomic E-state index is -4.87. The zero-order valence-corrected chi connectivity index (χ0v) is 23.5. The van der Waals surface area contributed by atoms with E-state index in [1.807, 2.05) is 20.8 Å². The van der Waals surface area contributed by atoms with Crippen molar-refractivity contribution in [1.82, 2.24) is 4.90 Å². The molecule has 0 radical (unpaired) electrons. The van der Waals surface area contributed by atoms with Crippen LogP contribution in [0, 0.1) is 24.2 Å². The second-order valence-corrected chi connectivity index (χ2v) is 11.4. The van der Waals surface area contributed by atoms with Gasteiger partial charge in [0.15, 0.2) is 0 Å². The van der Waals surface area contributed by atoms with Crippen molar-refractivity contribution in [1.29, 1.82) is 0 Å². The zero-order chi connectivity index (χ0) is 30.5. The number of likely N-dealkylation sites (tertiary alicyclic amines) is 1. The molecule has 1 saturated heterocycles. The Kier molecular flexibility index (Phi) is 11.2. The van der Waals surface area contributed by atoms with Gasteiger partial charge in [0, 0.05) is 25.6 Å². The first-order valence-corrected chi connectivity index (χ1v) is 13.2. The molecule has 3 atom stereocenters. The number of amides is 1. The van der Waals surface area contributed by atoms with Gasteiger partial charge in [0.2, 0.25) is 5.91 Å². The number of hydrogen-bond donors (Lipinski definition) is 2. The molecule has 0 spiro atoms. The molecule has 1 saturated carbocycles. The Morgan fingerprint density at radius 1 is 0.900 bits per heavy atom. The maximum atomic E-state index is 12.6. The summed E-state index contributed by atoms with van der Waals surface area (Å²) < 4.78 is 73.3. The van der Waals surface area contributed by atoms with Crippen molar-refractivity contribution in [2.45, 2.75) is 71.8 Å². The molecule has 2 aromatic carbocycles. The number of alkyl halides is 6. The fraction of sp³-hybridized carbons (Fsp3) is 0.567. The van der Waals surface area contributed by atoms with Crippen molar-refractivity contribution in [3.8, 4) is 0 Å². The predicted molar refractivity (Wildman–Crippen MR) is 141 cm³/mol. The van der Waals surface area contributed by atoms with Gasteiger partial charge in [-0.3, -0.25) is 4.79 Å². The third kappa shape index (κ3) is 8.46. The number of carbonyl (C=O) groups is 1. The van der Waals surface area contributed by atoms with Crippen LogP contribution in [0.5, 0.6) is 0 Å². The van der Waals surface area contributed by atoms with Crippen LogP contribution < -0.4 is 0 Å². The maximum absolute atomic E-state index is 12.6. The second-order valence-electron chi connectivity index (χ2n) is 11.4. The van der Waals surface area contributed by atoms with E-state index in [-0.39, 0.29) is 11.5 Å². The predicted octanol–water partition coefficient (Wildman–Crippen LogP) is 7.21. The van der Waals surface area contributed by atoms with Gasteiger partial charge in [-0.2, -0.15) is 26.3 Å². The van der Waals surface area contributed by atoms with Crippen molar-refractivity contribution in [3.63, 3.8) is 0 Å². The topological polar surface area (TPSA) is 60.8 Å². The highest BCUT2D eigenvalue weighted by molar-refractivity contribution is 5.81. The van der Waals surface area contributed by atoms with Gasteiger partial charge in [0.1, 0.15) is 0 Å². The van der Waals surface area contributed by atoms with Crippen LogP contribution in [0.2, 0.25) is 0 Å². The van der Waals surface area contributed by atoms with Gasteiger partial charge in [-0.1, -0.05) is 51.5 Å². The van der Waals surface area contributed by atoms with E-state index in [0.717, 1.165) is 20.2 Å². The van der Waals surface area contributed by atoms with E-state index in [2.05, 4.69) is 36.1 Å². The first-order valence-electron chi connectivity index (χ1n) is 13.2. The van der Waals surface area contributed by atoms with E-state index < -0.39 is 35.6 Å². The summed E-state index contributed by atoms with van der Waals surface area (Å²) in [4.78, 5) is 14.8. The lowest BCUT2D eigenvalue weighted by Gasteiger charge is -2.34. The summed E-state index contributed by atoms with van der Waals surface area (Å²) in [5, 5.41) is 15.6. The normalized spacial score (nSPS) is 21.0. The van der Waals surface area contributed by atoms with Gasteiger partial charge in [0.05, 0.1) is 17.7 Å². The van der Waals surface area contributed by atoms with Crippen molar-refractivity contribution in [2.75, 3.05) is 20.2 Å².